The second kappa shape index (κ2) is 7.67. The fraction of sp³-hybridized carbons (Fsp3) is 0.923. The molecule has 0 aromatic rings. The number of nitrogens with two attached hydrogens (primary N) is 1. The highest BCUT2D eigenvalue weighted by Crippen LogP contribution is 2.27. The van der Waals surface area contributed by atoms with Crippen LogP contribution in [0.4, 0.5) is 0 Å². The monoisotopic (exact) mass is 243 g/mol. The molecule has 0 aliphatic carbocycles. The van der Waals surface area contributed by atoms with Crippen molar-refractivity contribution < 1.29 is 14.6 Å². The minimum Gasteiger partial charge on any atom is -0.390 e. The Morgan fingerprint density at radius 3 is 2.35 bits per heavy atom. The lowest BCUT2D eigenvalue weighted by Gasteiger charge is -2.06. The molecule has 100 valence electrons. The fourth-order valence-corrected chi connectivity index (χ4v) is 2.12. The quantitative estimate of drug-likeness (QED) is 0.453. The van der Waals surface area contributed by atoms with Crippen molar-refractivity contribution in [3.05, 3.63) is 0 Å². The summed E-state index contributed by atoms with van der Waals surface area (Å²) in [4.78, 5) is 10.7. The van der Waals surface area contributed by atoms with Crippen LogP contribution < -0.4 is 5.73 Å². The summed E-state index contributed by atoms with van der Waals surface area (Å²) in [5, 5.41) is 9.72. The van der Waals surface area contributed by atoms with Gasteiger partial charge in [-0.3, -0.25) is 4.79 Å². The van der Waals surface area contributed by atoms with Crippen molar-refractivity contribution in [2.75, 3.05) is 0 Å². The second-order valence-corrected chi connectivity index (χ2v) is 4.90. The molecule has 0 saturated carbocycles. The molecule has 1 saturated heterocycles. The molecule has 0 radical (unpaired) electrons. The lowest BCUT2D eigenvalue weighted by atomic mass is 10.0. The van der Waals surface area contributed by atoms with Crippen LogP contribution in [0.2, 0.25) is 0 Å². The molecule has 1 rings (SSSR count). The first-order valence-corrected chi connectivity index (χ1v) is 6.79. The topological polar surface area (TPSA) is 75.8 Å². The third-order valence-electron chi connectivity index (χ3n) is 3.29. The number of aliphatic hydroxyl groups is 1. The molecular weight excluding hydrogens is 218 g/mol. The molecule has 1 amide bonds. The molecule has 0 spiro atoms. The van der Waals surface area contributed by atoms with Crippen LogP contribution in [0.3, 0.4) is 0 Å². The smallest absolute Gasteiger partial charge is 0.249 e. The van der Waals surface area contributed by atoms with E-state index in [4.69, 9.17) is 10.5 Å². The Bertz CT molecular complexity index is 233. The Morgan fingerprint density at radius 1 is 1.24 bits per heavy atom. The van der Waals surface area contributed by atoms with Crippen molar-refractivity contribution >= 4 is 5.91 Å². The maximum atomic E-state index is 10.7. The van der Waals surface area contributed by atoms with Gasteiger partial charge in [0.25, 0.3) is 0 Å². The summed E-state index contributed by atoms with van der Waals surface area (Å²) < 4.78 is 5.03. The summed E-state index contributed by atoms with van der Waals surface area (Å²) in [5.74, 6) is -0.464. The predicted octanol–water partition coefficient (Wildman–Crippen LogP) is 1.74. The standard InChI is InChI=1S/C13H25NO3/c1-2-3-4-5-6-7-8-9-10(15)11-12(17-11)13(14)16/h10-12,15H,2-9H2,1H3,(H2,14,16)/t10?,11-,12-/m0/s1. The normalized spacial score (nSPS) is 24.6. The van der Waals surface area contributed by atoms with Crippen molar-refractivity contribution in [1.82, 2.24) is 0 Å². The molecule has 0 bridgehead atoms. The number of aliphatic hydroxyl groups excluding tert-OH is 1. The zero-order chi connectivity index (χ0) is 12.7. The van der Waals surface area contributed by atoms with Crippen LogP contribution in [0.25, 0.3) is 0 Å². The highest BCUT2D eigenvalue weighted by Gasteiger charge is 2.48. The number of carbonyl (C=O) groups excluding carboxylic acids is 1. The van der Waals surface area contributed by atoms with Crippen LogP contribution in [-0.2, 0) is 9.53 Å². The zero-order valence-corrected chi connectivity index (χ0v) is 10.7. The van der Waals surface area contributed by atoms with Gasteiger partial charge in [0.15, 0.2) is 6.10 Å². The minimum atomic E-state index is -0.547. The van der Waals surface area contributed by atoms with Gasteiger partial charge in [-0.2, -0.15) is 0 Å². The molecule has 0 aromatic heterocycles. The number of amides is 1. The fourth-order valence-electron chi connectivity index (χ4n) is 2.12. The van der Waals surface area contributed by atoms with Crippen molar-refractivity contribution in [2.24, 2.45) is 5.73 Å². The Kier molecular flexibility index (Phi) is 6.52. The molecule has 1 heterocycles. The van der Waals surface area contributed by atoms with Crippen LogP contribution in [0.15, 0.2) is 0 Å². The molecule has 1 fully saturated rings. The van der Waals surface area contributed by atoms with E-state index in [9.17, 15) is 9.90 Å². The van der Waals surface area contributed by atoms with Crippen LogP contribution in [-0.4, -0.2) is 29.3 Å². The van der Waals surface area contributed by atoms with Crippen LogP contribution in [0, 0.1) is 0 Å². The third-order valence-corrected chi connectivity index (χ3v) is 3.29. The molecule has 0 aromatic carbocycles. The van der Waals surface area contributed by atoms with Gasteiger partial charge in [-0.25, -0.2) is 0 Å². The summed E-state index contributed by atoms with van der Waals surface area (Å²) in [6, 6.07) is 0. The SMILES string of the molecule is CCCCCCCCCC(O)[C@@H]1O[C@@H]1C(N)=O. The Morgan fingerprint density at radius 2 is 1.82 bits per heavy atom. The number of rotatable bonds is 10. The van der Waals surface area contributed by atoms with Gasteiger partial charge in [0.1, 0.15) is 6.10 Å². The van der Waals surface area contributed by atoms with Gasteiger partial charge in [0.05, 0.1) is 6.10 Å². The van der Waals surface area contributed by atoms with Gasteiger partial charge in [-0.15, -0.1) is 0 Å². The first-order valence-electron chi connectivity index (χ1n) is 6.79. The average molecular weight is 243 g/mol. The van der Waals surface area contributed by atoms with Gasteiger partial charge < -0.3 is 15.6 Å². The van der Waals surface area contributed by atoms with E-state index in [0.29, 0.717) is 6.42 Å². The van der Waals surface area contributed by atoms with Crippen LogP contribution >= 0.6 is 0 Å². The first kappa shape index (κ1) is 14.5. The van der Waals surface area contributed by atoms with Gasteiger partial charge in [-0.05, 0) is 6.42 Å². The highest BCUT2D eigenvalue weighted by molar-refractivity contribution is 5.81. The highest BCUT2D eigenvalue weighted by atomic mass is 16.6. The maximum absolute atomic E-state index is 10.7. The summed E-state index contributed by atoms with van der Waals surface area (Å²) in [6.45, 7) is 2.21. The van der Waals surface area contributed by atoms with Gasteiger partial charge in [0.2, 0.25) is 5.91 Å². The van der Waals surface area contributed by atoms with Gasteiger partial charge in [-0.1, -0.05) is 51.9 Å². The molecule has 4 nitrogen and oxygen atoms in total. The molecular formula is C13H25NO3. The van der Waals surface area contributed by atoms with E-state index in [2.05, 4.69) is 6.92 Å². The van der Waals surface area contributed by atoms with E-state index in [-0.39, 0.29) is 6.10 Å². The number of hydrogen-bond donors (Lipinski definition) is 2. The van der Waals surface area contributed by atoms with E-state index in [1.165, 1.54) is 32.1 Å². The van der Waals surface area contributed by atoms with Crippen molar-refractivity contribution in [2.45, 2.75) is 76.6 Å². The Hall–Kier alpha value is -0.610. The molecule has 1 unspecified atom stereocenters. The van der Waals surface area contributed by atoms with Crippen molar-refractivity contribution in [3.8, 4) is 0 Å². The van der Waals surface area contributed by atoms with E-state index >= 15 is 0 Å². The minimum absolute atomic E-state index is 0.340. The summed E-state index contributed by atoms with van der Waals surface area (Å²) in [6.07, 6.45) is 7.87. The Labute approximate surface area is 104 Å². The third kappa shape index (κ3) is 5.50. The molecule has 3 atom stereocenters. The molecule has 3 N–H and O–H groups in total. The largest absolute Gasteiger partial charge is 0.390 e. The number of ether oxygens (including phenoxy) is 1. The van der Waals surface area contributed by atoms with Crippen molar-refractivity contribution in [3.63, 3.8) is 0 Å². The zero-order valence-electron chi connectivity index (χ0n) is 10.7. The molecule has 1 aliphatic heterocycles. The van der Waals surface area contributed by atoms with Crippen molar-refractivity contribution in [1.29, 1.82) is 0 Å². The first-order chi connectivity index (χ1) is 8.16. The number of carbonyl (C=O) groups is 1. The number of epoxide rings is 1. The van der Waals surface area contributed by atoms with E-state index in [1.807, 2.05) is 0 Å². The lowest BCUT2D eigenvalue weighted by Crippen LogP contribution is -2.25. The Balaban J connectivity index is 1.91. The number of hydrogen-bond acceptors (Lipinski definition) is 3. The van der Waals surface area contributed by atoms with E-state index < -0.39 is 18.1 Å². The van der Waals surface area contributed by atoms with Gasteiger partial charge in [0, 0.05) is 0 Å². The molecule has 4 heteroatoms. The second-order valence-electron chi connectivity index (χ2n) is 4.90. The summed E-state index contributed by atoms with van der Waals surface area (Å²) >= 11 is 0. The van der Waals surface area contributed by atoms with Crippen LogP contribution in [0.5, 0.6) is 0 Å². The van der Waals surface area contributed by atoms with Gasteiger partial charge >= 0.3 is 0 Å². The number of primary amides is 1. The predicted molar refractivity (Wildman–Crippen MR) is 66.5 cm³/mol. The summed E-state index contributed by atoms with van der Waals surface area (Å²) in [5.41, 5.74) is 5.07. The number of unbranched alkanes of at least 4 members (excludes halogenated alkanes) is 6. The lowest BCUT2D eigenvalue weighted by molar-refractivity contribution is -0.119. The maximum Gasteiger partial charge on any atom is 0.249 e. The average Bonchev–Trinajstić information content (AvgIpc) is 3.07. The molecule has 1 aliphatic rings. The van der Waals surface area contributed by atoms with E-state index in [0.717, 1.165) is 12.8 Å². The van der Waals surface area contributed by atoms with E-state index in [1.54, 1.807) is 0 Å². The summed E-state index contributed by atoms with van der Waals surface area (Å²) in [7, 11) is 0. The molecule has 17 heavy (non-hydrogen) atoms. The van der Waals surface area contributed by atoms with Crippen LogP contribution in [0.1, 0.15) is 58.3 Å².